The molecule has 4 aromatic rings. The highest BCUT2D eigenvalue weighted by Crippen LogP contribution is 2.32. The van der Waals surface area contributed by atoms with Gasteiger partial charge in [0.05, 0.1) is 0 Å². The summed E-state index contributed by atoms with van der Waals surface area (Å²) in [6.07, 6.45) is 0. The summed E-state index contributed by atoms with van der Waals surface area (Å²) in [6, 6.07) is 27.1. The van der Waals surface area contributed by atoms with Gasteiger partial charge >= 0.3 is 0 Å². The molecule has 162 valence electrons. The maximum Gasteiger partial charge on any atom is 0.247 e. The second-order valence-corrected chi connectivity index (χ2v) is 8.44. The van der Waals surface area contributed by atoms with Gasteiger partial charge in [0.1, 0.15) is 6.04 Å². The molecule has 3 aromatic carbocycles. The molecule has 1 aromatic heterocycles. The zero-order chi connectivity index (χ0) is 21.9. The molecule has 1 fully saturated rings. The summed E-state index contributed by atoms with van der Waals surface area (Å²) in [5.74, 6) is 1.21. The molecule has 2 heterocycles. The SMILES string of the molecule is Cc1ccc(C)c(N2CCN(C(c3ccccc3)c3nnc(-c4ccccc4)o3)CC2)c1. The third-order valence-corrected chi connectivity index (χ3v) is 6.20. The van der Waals surface area contributed by atoms with Crippen LogP contribution in [0.1, 0.15) is 28.6 Å². The second kappa shape index (κ2) is 8.97. The smallest absolute Gasteiger partial charge is 0.247 e. The molecule has 0 amide bonds. The molecule has 0 radical (unpaired) electrons. The summed E-state index contributed by atoms with van der Waals surface area (Å²) in [4.78, 5) is 4.95. The van der Waals surface area contributed by atoms with Crippen molar-refractivity contribution in [2.45, 2.75) is 19.9 Å². The van der Waals surface area contributed by atoms with Gasteiger partial charge in [-0.2, -0.15) is 0 Å². The maximum absolute atomic E-state index is 6.21. The Morgan fingerprint density at radius 3 is 2.19 bits per heavy atom. The van der Waals surface area contributed by atoms with Gasteiger partial charge in [0.25, 0.3) is 0 Å². The number of hydrogen-bond acceptors (Lipinski definition) is 5. The quantitative estimate of drug-likeness (QED) is 0.437. The van der Waals surface area contributed by atoms with Crippen LogP contribution < -0.4 is 4.90 Å². The highest BCUT2D eigenvalue weighted by molar-refractivity contribution is 5.55. The maximum atomic E-state index is 6.21. The molecule has 1 unspecified atom stereocenters. The highest BCUT2D eigenvalue weighted by atomic mass is 16.4. The molecule has 1 saturated heterocycles. The van der Waals surface area contributed by atoms with E-state index < -0.39 is 0 Å². The minimum atomic E-state index is -0.0538. The Balaban J connectivity index is 1.41. The van der Waals surface area contributed by atoms with Crippen LogP contribution in [0.5, 0.6) is 0 Å². The fourth-order valence-corrected chi connectivity index (χ4v) is 4.47. The fraction of sp³-hybridized carbons (Fsp3) is 0.259. The van der Waals surface area contributed by atoms with Crippen LogP contribution in [0, 0.1) is 13.8 Å². The largest absolute Gasteiger partial charge is 0.419 e. The number of benzene rings is 3. The van der Waals surface area contributed by atoms with Gasteiger partial charge < -0.3 is 9.32 Å². The average Bonchev–Trinajstić information content (AvgIpc) is 3.32. The normalized spacial score (nSPS) is 15.6. The van der Waals surface area contributed by atoms with Crippen molar-refractivity contribution in [3.8, 4) is 11.5 Å². The summed E-state index contributed by atoms with van der Waals surface area (Å²) in [5, 5.41) is 8.83. The lowest BCUT2D eigenvalue weighted by atomic mass is 10.0. The molecular weight excluding hydrogens is 396 g/mol. The molecule has 5 nitrogen and oxygen atoms in total. The van der Waals surface area contributed by atoms with Crippen LogP contribution in [0.25, 0.3) is 11.5 Å². The lowest BCUT2D eigenvalue weighted by molar-refractivity contribution is 0.188. The lowest BCUT2D eigenvalue weighted by Gasteiger charge is -2.39. The zero-order valence-electron chi connectivity index (χ0n) is 18.6. The second-order valence-electron chi connectivity index (χ2n) is 8.44. The molecule has 1 aliphatic heterocycles. The van der Waals surface area contributed by atoms with E-state index in [4.69, 9.17) is 4.42 Å². The summed E-state index contributed by atoms with van der Waals surface area (Å²) in [5.41, 5.74) is 6.08. The van der Waals surface area contributed by atoms with Gasteiger partial charge in [-0.15, -0.1) is 10.2 Å². The molecule has 0 spiro atoms. The van der Waals surface area contributed by atoms with E-state index in [-0.39, 0.29) is 6.04 Å². The van der Waals surface area contributed by atoms with Crippen LogP contribution in [-0.2, 0) is 0 Å². The number of anilines is 1. The molecule has 0 N–H and O–H groups in total. The average molecular weight is 425 g/mol. The predicted molar refractivity (Wildman–Crippen MR) is 128 cm³/mol. The van der Waals surface area contributed by atoms with Gasteiger partial charge in [0.15, 0.2) is 0 Å². The van der Waals surface area contributed by atoms with Crippen molar-refractivity contribution in [2.24, 2.45) is 0 Å². The van der Waals surface area contributed by atoms with Gasteiger partial charge in [0, 0.05) is 37.4 Å². The summed E-state index contributed by atoms with van der Waals surface area (Å²) in [6.45, 7) is 8.13. The fourth-order valence-electron chi connectivity index (χ4n) is 4.47. The van der Waals surface area contributed by atoms with Gasteiger partial charge in [-0.05, 0) is 48.7 Å². The van der Waals surface area contributed by atoms with Crippen LogP contribution in [-0.4, -0.2) is 41.3 Å². The Labute approximate surface area is 189 Å². The number of aromatic nitrogens is 2. The van der Waals surface area contributed by atoms with Crippen LogP contribution in [0.2, 0.25) is 0 Å². The van der Waals surface area contributed by atoms with Gasteiger partial charge in [-0.1, -0.05) is 60.7 Å². The van der Waals surface area contributed by atoms with Crippen LogP contribution in [0.3, 0.4) is 0 Å². The molecule has 32 heavy (non-hydrogen) atoms. The molecule has 5 rings (SSSR count). The Kier molecular flexibility index (Phi) is 5.73. The van der Waals surface area contributed by atoms with Crippen molar-refractivity contribution in [3.05, 3.63) is 101 Å². The first-order valence-corrected chi connectivity index (χ1v) is 11.2. The van der Waals surface area contributed by atoms with Gasteiger partial charge in [0.2, 0.25) is 11.8 Å². The van der Waals surface area contributed by atoms with Crippen molar-refractivity contribution >= 4 is 5.69 Å². The summed E-state index contributed by atoms with van der Waals surface area (Å²) < 4.78 is 6.21. The van der Waals surface area contributed by atoms with Crippen molar-refractivity contribution in [3.63, 3.8) is 0 Å². The first-order valence-electron chi connectivity index (χ1n) is 11.2. The third-order valence-electron chi connectivity index (χ3n) is 6.20. The van der Waals surface area contributed by atoms with E-state index in [0.717, 1.165) is 31.7 Å². The number of piperazine rings is 1. The van der Waals surface area contributed by atoms with E-state index in [0.29, 0.717) is 11.8 Å². The molecule has 1 aliphatic rings. The summed E-state index contributed by atoms with van der Waals surface area (Å²) in [7, 11) is 0. The first kappa shape index (κ1) is 20.5. The number of nitrogens with zero attached hydrogens (tertiary/aromatic N) is 4. The number of aryl methyl sites for hydroxylation is 2. The van der Waals surface area contributed by atoms with Crippen LogP contribution >= 0.6 is 0 Å². The lowest BCUT2D eigenvalue weighted by Crippen LogP contribution is -2.48. The van der Waals surface area contributed by atoms with E-state index in [1.165, 1.54) is 22.4 Å². The molecule has 0 bridgehead atoms. The Morgan fingerprint density at radius 1 is 0.781 bits per heavy atom. The van der Waals surface area contributed by atoms with Crippen molar-refractivity contribution in [1.29, 1.82) is 0 Å². The van der Waals surface area contributed by atoms with E-state index in [1.807, 2.05) is 36.4 Å². The van der Waals surface area contributed by atoms with E-state index in [2.05, 4.69) is 76.3 Å². The van der Waals surface area contributed by atoms with Crippen LogP contribution in [0.4, 0.5) is 5.69 Å². The Morgan fingerprint density at radius 2 is 1.47 bits per heavy atom. The molecular formula is C27H28N4O. The monoisotopic (exact) mass is 424 g/mol. The van der Waals surface area contributed by atoms with Crippen molar-refractivity contribution < 1.29 is 4.42 Å². The van der Waals surface area contributed by atoms with Crippen LogP contribution in [0.15, 0.2) is 83.3 Å². The summed E-state index contributed by atoms with van der Waals surface area (Å²) >= 11 is 0. The Hall–Kier alpha value is -3.44. The minimum absolute atomic E-state index is 0.0538. The van der Waals surface area contributed by atoms with E-state index >= 15 is 0 Å². The molecule has 0 saturated carbocycles. The highest BCUT2D eigenvalue weighted by Gasteiger charge is 2.31. The number of hydrogen-bond donors (Lipinski definition) is 0. The topological polar surface area (TPSA) is 45.4 Å². The van der Waals surface area contributed by atoms with E-state index in [9.17, 15) is 0 Å². The van der Waals surface area contributed by atoms with Gasteiger partial charge in [-0.25, -0.2) is 0 Å². The third kappa shape index (κ3) is 4.16. The zero-order valence-corrected chi connectivity index (χ0v) is 18.6. The number of rotatable bonds is 5. The predicted octanol–water partition coefficient (Wildman–Crippen LogP) is 5.27. The first-order chi connectivity index (χ1) is 15.7. The van der Waals surface area contributed by atoms with Crippen molar-refractivity contribution in [1.82, 2.24) is 15.1 Å². The molecule has 5 heteroatoms. The minimum Gasteiger partial charge on any atom is -0.419 e. The van der Waals surface area contributed by atoms with E-state index in [1.54, 1.807) is 0 Å². The van der Waals surface area contributed by atoms with Crippen molar-refractivity contribution in [2.75, 3.05) is 31.1 Å². The molecule has 0 aliphatic carbocycles. The Bertz CT molecular complexity index is 1160. The molecule has 1 atom stereocenters. The van der Waals surface area contributed by atoms with Gasteiger partial charge in [-0.3, -0.25) is 4.90 Å². The standard InChI is InChI=1S/C27H28N4O/c1-20-13-14-21(2)24(19-20)30-15-17-31(18-16-30)25(22-9-5-3-6-10-22)27-29-28-26(32-27)23-11-7-4-8-12-23/h3-14,19,25H,15-18H2,1-2H3.